The Bertz CT molecular complexity index is 421. The third-order valence-corrected chi connectivity index (χ3v) is 4.08. The normalized spacial score (nSPS) is 22.8. The molecule has 0 amide bonds. The van der Waals surface area contributed by atoms with Gasteiger partial charge in [-0.2, -0.15) is 0 Å². The molecule has 0 aromatic carbocycles. The largest absolute Gasteiger partial charge is 0.461 e. The van der Waals surface area contributed by atoms with Crippen molar-refractivity contribution in [3.63, 3.8) is 0 Å². The molecule has 2 aliphatic carbocycles. The number of hydrogen-bond donors (Lipinski definition) is 0. The van der Waals surface area contributed by atoms with E-state index in [1.807, 2.05) is 13.8 Å². The van der Waals surface area contributed by atoms with Gasteiger partial charge in [0.1, 0.15) is 13.2 Å². The minimum absolute atomic E-state index is 0.154. The van der Waals surface area contributed by atoms with Crippen LogP contribution in [-0.4, -0.2) is 25.2 Å². The van der Waals surface area contributed by atoms with Crippen molar-refractivity contribution in [1.82, 2.24) is 0 Å². The Balaban J connectivity index is 1.93. The second-order valence-corrected chi connectivity index (χ2v) is 5.71. The summed E-state index contributed by atoms with van der Waals surface area (Å²) in [7, 11) is 0. The van der Waals surface area contributed by atoms with Crippen molar-refractivity contribution in [2.75, 3.05) is 13.2 Å². The maximum Gasteiger partial charge on any atom is 0.306 e. The first kappa shape index (κ1) is 15.8. The molecule has 2 bridgehead atoms. The van der Waals surface area contributed by atoms with Crippen LogP contribution in [0.4, 0.5) is 0 Å². The first-order valence-corrected chi connectivity index (χ1v) is 7.87. The Morgan fingerprint density at radius 1 is 0.952 bits per heavy atom. The Labute approximate surface area is 126 Å². The lowest BCUT2D eigenvalue weighted by molar-refractivity contribution is -0.144. The maximum atomic E-state index is 11.5. The van der Waals surface area contributed by atoms with E-state index in [9.17, 15) is 9.59 Å². The van der Waals surface area contributed by atoms with Gasteiger partial charge >= 0.3 is 11.9 Å². The highest BCUT2D eigenvalue weighted by molar-refractivity contribution is 5.70. The van der Waals surface area contributed by atoms with Crippen LogP contribution < -0.4 is 0 Å². The lowest BCUT2D eigenvalue weighted by Gasteiger charge is -2.16. The second kappa shape index (κ2) is 7.43. The number of hydrogen-bond acceptors (Lipinski definition) is 4. The van der Waals surface area contributed by atoms with Gasteiger partial charge in [0, 0.05) is 24.7 Å². The van der Waals surface area contributed by atoms with E-state index in [1.165, 1.54) is 0 Å². The van der Waals surface area contributed by atoms with Gasteiger partial charge in [-0.1, -0.05) is 26.0 Å². The first-order valence-electron chi connectivity index (χ1n) is 7.87. The number of allylic oxidation sites excluding steroid dienone is 2. The quantitative estimate of drug-likeness (QED) is 0.509. The summed E-state index contributed by atoms with van der Waals surface area (Å²) in [5.41, 5.74) is 2.27. The number of carbonyl (C=O) groups is 2. The van der Waals surface area contributed by atoms with E-state index >= 15 is 0 Å². The van der Waals surface area contributed by atoms with E-state index in [-0.39, 0.29) is 11.9 Å². The molecule has 0 spiro atoms. The van der Waals surface area contributed by atoms with Crippen molar-refractivity contribution >= 4 is 11.9 Å². The van der Waals surface area contributed by atoms with Gasteiger partial charge in [0.25, 0.3) is 0 Å². The molecular formula is C17H24O4. The highest BCUT2D eigenvalue weighted by atomic mass is 16.5. The molecule has 2 atom stereocenters. The third kappa shape index (κ3) is 3.96. The molecule has 2 aliphatic rings. The summed E-state index contributed by atoms with van der Waals surface area (Å²) in [5, 5.41) is 0. The number of rotatable bonds is 8. The highest BCUT2D eigenvalue weighted by Crippen LogP contribution is 2.43. The molecule has 0 saturated heterocycles. The van der Waals surface area contributed by atoms with Gasteiger partial charge in [0.2, 0.25) is 0 Å². The summed E-state index contributed by atoms with van der Waals surface area (Å²) in [6.07, 6.45) is 7.88. The molecule has 0 heterocycles. The van der Waals surface area contributed by atoms with Crippen LogP contribution in [0.15, 0.2) is 23.3 Å². The van der Waals surface area contributed by atoms with Crippen LogP contribution in [0.1, 0.15) is 46.0 Å². The molecule has 0 radical (unpaired) electrons. The molecule has 4 heteroatoms. The molecule has 0 fully saturated rings. The molecule has 0 aromatic heterocycles. The molecule has 0 aromatic rings. The van der Waals surface area contributed by atoms with Crippen LogP contribution >= 0.6 is 0 Å². The topological polar surface area (TPSA) is 52.6 Å². The fourth-order valence-corrected chi connectivity index (χ4v) is 2.96. The summed E-state index contributed by atoms with van der Waals surface area (Å²) in [6.45, 7) is 4.59. The first-order chi connectivity index (χ1) is 10.2. The number of esters is 2. The number of carbonyl (C=O) groups excluding carboxylic acids is 2. The van der Waals surface area contributed by atoms with Crippen molar-refractivity contribution in [2.24, 2.45) is 11.8 Å². The van der Waals surface area contributed by atoms with Crippen LogP contribution in [0.2, 0.25) is 0 Å². The monoisotopic (exact) mass is 292 g/mol. The minimum atomic E-state index is -0.154. The number of ether oxygens (including phenoxy) is 2. The maximum absolute atomic E-state index is 11.5. The van der Waals surface area contributed by atoms with Crippen LogP contribution in [0, 0.1) is 11.8 Å². The Hall–Kier alpha value is -1.58. The zero-order chi connectivity index (χ0) is 15.2. The van der Waals surface area contributed by atoms with Gasteiger partial charge in [-0.25, -0.2) is 0 Å². The van der Waals surface area contributed by atoms with Gasteiger partial charge < -0.3 is 9.47 Å². The molecule has 0 aliphatic heterocycles. The van der Waals surface area contributed by atoms with Crippen molar-refractivity contribution in [3.8, 4) is 0 Å². The van der Waals surface area contributed by atoms with Crippen LogP contribution in [-0.2, 0) is 19.1 Å². The van der Waals surface area contributed by atoms with E-state index in [4.69, 9.17) is 9.47 Å². The molecular weight excluding hydrogens is 268 g/mol. The van der Waals surface area contributed by atoms with Gasteiger partial charge in [-0.15, -0.1) is 0 Å². The van der Waals surface area contributed by atoms with Crippen molar-refractivity contribution < 1.29 is 19.1 Å². The second-order valence-electron chi connectivity index (χ2n) is 5.71. The predicted molar refractivity (Wildman–Crippen MR) is 79.5 cm³/mol. The third-order valence-electron chi connectivity index (χ3n) is 4.08. The van der Waals surface area contributed by atoms with E-state index in [0.29, 0.717) is 37.9 Å². The van der Waals surface area contributed by atoms with Crippen molar-refractivity contribution in [1.29, 1.82) is 0 Å². The summed E-state index contributed by atoms with van der Waals surface area (Å²) in [5.74, 6) is 0.395. The average Bonchev–Trinajstić information content (AvgIpc) is 3.04. The van der Waals surface area contributed by atoms with E-state index in [1.54, 1.807) is 0 Å². The standard InChI is InChI=1S/C17H24O4/c1-3-5-16(18)20-10-14-12-7-8-13(9-12)15(14)11-21-17(19)6-4-2/h7-8,12-13H,3-6,9-11H2,1-2H3. The zero-order valence-corrected chi connectivity index (χ0v) is 12.9. The van der Waals surface area contributed by atoms with E-state index < -0.39 is 0 Å². The predicted octanol–water partition coefficient (Wildman–Crippen LogP) is 3.18. The van der Waals surface area contributed by atoms with Gasteiger partial charge in [-0.05, 0) is 30.4 Å². The van der Waals surface area contributed by atoms with Crippen LogP contribution in [0.25, 0.3) is 0 Å². The number of fused-ring (bicyclic) bond motifs is 2. The molecule has 21 heavy (non-hydrogen) atoms. The van der Waals surface area contributed by atoms with E-state index in [0.717, 1.165) is 30.4 Å². The zero-order valence-electron chi connectivity index (χ0n) is 12.9. The average molecular weight is 292 g/mol. The Morgan fingerprint density at radius 2 is 1.38 bits per heavy atom. The van der Waals surface area contributed by atoms with E-state index in [2.05, 4.69) is 12.2 Å². The van der Waals surface area contributed by atoms with Crippen molar-refractivity contribution in [3.05, 3.63) is 23.3 Å². The highest BCUT2D eigenvalue weighted by Gasteiger charge is 2.35. The van der Waals surface area contributed by atoms with Gasteiger partial charge in [0.05, 0.1) is 0 Å². The van der Waals surface area contributed by atoms with Gasteiger partial charge in [0.15, 0.2) is 0 Å². The lowest BCUT2D eigenvalue weighted by Crippen LogP contribution is -2.15. The minimum Gasteiger partial charge on any atom is -0.461 e. The fraction of sp³-hybridized carbons (Fsp3) is 0.647. The summed E-state index contributed by atoms with van der Waals surface area (Å²) in [4.78, 5) is 23.0. The SMILES string of the molecule is CCCC(=O)OCC1=C(COC(=O)CCC)C2C=CC1C2. The molecule has 4 nitrogen and oxygen atoms in total. The van der Waals surface area contributed by atoms with Gasteiger partial charge in [-0.3, -0.25) is 9.59 Å². The molecule has 0 N–H and O–H groups in total. The Kier molecular flexibility index (Phi) is 5.59. The van der Waals surface area contributed by atoms with Crippen LogP contribution in [0.3, 0.4) is 0 Å². The van der Waals surface area contributed by atoms with Crippen molar-refractivity contribution in [2.45, 2.75) is 46.0 Å². The lowest BCUT2D eigenvalue weighted by atomic mass is 9.98. The molecule has 116 valence electrons. The molecule has 2 rings (SSSR count). The molecule has 0 saturated carbocycles. The fourth-order valence-electron chi connectivity index (χ4n) is 2.96. The molecule has 2 unspecified atom stereocenters. The summed E-state index contributed by atoms with van der Waals surface area (Å²) >= 11 is 0. The smallest absolute Gasteiger partial charge is 0.306 e. The summed E-state index contributed by atoms with van der Waals surface area (Å²) < 4.78 is 10.7. The summed E-state index contributed by atoms with van der Waals surface area (Å²) in [6, 6.07) is 0. The van der Waals surface area contributed by atoms with Crippen LogP contribution in [0.5, 0.6) is 0 Å². The Morgan fingerprint density at radius 3 is 1.76 bits per heavy atom.